The number of ether oxygens (including phenoxy) is 1. The molecule has 2 aromatic carbocycles. The summed E-state index contributed by atoms with van der Waals surface area (Å²) in [6.07, 6.45) is 4.07. The predicted molar refractivity (Wildman–Crippen MR) is 134 cm³/mol. The molecule has 0 aromatic heterocycles. The van der Waals surface area contributed by atoms with Gasteiger partial charge in [-0.1, -0.05) is 56.5 Å². The standard InChI is InChI=1S/C23H28ClFN2O3S.C2H6/c1-3-30-22(28)12-6-4-5-9-13-26-23-16-10-7-8-11-20(16)27(2)31(29)21-15-18(24)19(25)14-17(21)23;1-2/h7-8,10-11,14-15,23,26H,3-6,9,12-13H2,1-2H3;1-2H3. The summed E-state index contributed by atoms with van der Waals surface area (Å²) in [5.74, 6) is -0.671. The van der Waals surface area contributed by atoms with Crippen LogP contribution in [0.1, 0.15) is 70.0 Å². The molecule has 0 fully saturated rings. The third-order valence-electron chi connectivity index (χ3n) is 5.35. The highest BCUT2D eigenvalue weighted by molar-refractivity contribution is 7.86. The fourth-order valence-electron chi connectivity index (χ4n) is 3.79. The molecule has 182 valence electrons. The van der Waals surface area contributed by atoms with Crippen LogP contribution in [0.2, 0.25) is 5.02 Å². The van der Waals surface area contributed by atoms with Crippen LogP contribution in [-0.2, 0) is 20.5 Å². The number of benzene rings is 2. The zero-order valence-electron chi connectivity index (χ0n) is 19.8. The van der Waals surface area contributed by atoms with Gasteiger partial charge in [0.1, 0.15) is 5.82 Å². The molecule has 2 aromatic rings. The highest BCUT2D eigenvalue weighted by atomic mass is 35.5. The highest BCUT2D eigenvalue weighted by Gasteiger charge is 2.31. The molecule has 1 heterocycles. The van der Waals surface area contributed by atoms with Gasteiger partial charge in [0.25, 0.3) is 0 Å². The predicted octanol–water partition coefficient (Wildman–Crippen LogP) is 6.17. The van der Waals surface area contributed by atoms with Crippen LogP contribution in [-0.4, -0.2) is 30.4 Å². The minimum Gasteiger partial charge on any atom is -0.466 e. The molecule has 1 aliphatic heterocycles. The van der Waals surface area contributed by atoms with Crippen LogP contribution in [0.15, 0.2) is 41.3 Å². The van der Waals surface area contributed by atoms with Crippen molar-refractivity contribution in [2.75, 3.05) is 24.5 Å². The Morgan fingerprint density at radius 2 is 1.85 bits per heavy atom. The molecular formula is C25H34ClFN2O3S. The van der Waals surface area contributed by atoms with Gasteiger partial charge < -0.3 is 10.1 Å². The first-order chi connectivity index (χ1) is 15.9. The maximum absolute atomic E-state index is 14.4. The Morgan fingerprint density at radius 1 is 1.15 bits per heavy atom. The summed E-state index contributed by atoms with van der Waals surface area (Å²) in [5.41, 5.74) is 2.42. The zero-order chi connectivity index (χ0) is 24.4. The molecule has 3 rings (SSSR count). The SMILES string of the molecule is CC.CCOC(=O)CCCCCCNC1c2ccccc2N(C)S(=O)c2cc(Cl)c(F)cc21. The van der Waals surface area contributed by atoms with Crippen molar-refractivity contribution in [3.8, 4) is 0 Å². The van der Waals surface area contributed by atoms with E-state index in [0.717, 1.165) is 36.9 Å². The summed E-state index contributed by atoms with van der Waals surface area (Å²) < 4.78 is 34.1. The smallest absolute Gasteiger partial charge is 0.305 e. The Labute approximate surface area is 204 Å². The summed E-state index contributed by atoms with van der Waals surface area (Å²) >= 11 is 6.01. The largest absolute Gasteiger partial charge is 0.466 e. The first kappa shape index (κ1) is 27.3. The van der Waals surface area contributed by atoms with E-state index in [9.17, 15) is 13.4 Å². The number of nitrogens with one attached hydrogen (secondary N) is 1. The summed E-state index contributed by atoms with van der Waals surface area (Å²) in [6.45, 7) is 6.93. The van der Waals surface area contributed by atoms with Gasteiger partial charge in [-0.3, -0.25) is 9.10 Å². The normalized spacial score (nSPS) is 16.7. The average molecular weight is 497 g/mol. The zero-order valence-corrected chi connectivity index (χ0v) is 21.4. The van der Waals surface area contributed by atoms with Crippen molar-refractivity contribution in [2.24, 2.45) is 0 Å². The Balaban J connectivity index is 0.00000187. The van der Waals surface area contributed by atoms with Crippen molar-refractivity contribution < 1.29 is 18.1 Å². The molecule has 0 aliphatic carbocycles. The number of para-hydroxylation sites is 1. The number of halogens is 2. The van der Waals surface area contributed by atoms with E-state index in [0.29, 0.717) is 30.0 Å². The third-order valence-corrected chi connectivity index (χ3v) is 7.06. The van der Waals surface area contributed by atoms with Gasteiger partial charge >= 0.3 is 5.97 Å². The molecule has 33 heavy (non-hydrogen) atoms. The van der Waals surface area contributed by atoms with Crippen molar-refractivity contribution in [3.63, 3.8) is 0 Å². The molecule has 2 atom stereocenters. The van der Waals surface area contributed by atoms with Crippen LogP contribution in [0.4, 0.5) is 10.1 Å². The van der Waals surface area contributed by atoms with Gasteiger partial charge in [0, 0.05) is 13.5 Å². The van der Waals surface area contributed by atoms with E-state index in [4.69, 9.17) is 16.3 Å². The number of esters is 1. The van der Waals surface area contributed by atoms with Crippen LogP contribution in [0.5, 0.6) is 0 Å². The molecule has 0 saturated heterocycles. The fraction of sp³-hybridized carbons (Fsp3) is 0.480. The summed E-state index contributed by atoms with van der Waals surface area (Å²) in [7, 11) is 0.268. The van der Waals surface area contributed by atoms with E-state index in [2.05, 4.69) is 5.32 Å². The van der Waals surface area contributed by atoms with Gasteiger partial charge in [0.05, 0.1) is 28.3 Å². The number of carbonyl (C=O) groups is 1. The van der Waals surface area contributed by atoms with E-state index >= 15 is 0 Å². The van der Waals surface area contributed by atoms with Gasteiger partial charge in [-0.15, -0.1) is 0 Å². The molecule has 0 bridgehead atoms. The molecule has 0 spiro atoms. The molecule has 1 N–H and O–H groups in total. The van der Waals surface area contributed by atoms with Crippen LogP contribution in [0, 0.1) is 5.82 Å². The molecule has 8 heteroatoms. The molecule has 1 aliphatic rings. The second-order valence-corrected chi connectivity index (χ2v) is 9.36. The van der Waals surface area contributed by atoms with Crippen LogP contribution in [0.3, 0.4) is 0 Å². The highest BCUT2D eigenvalue weighted by Crippen LogP contribution is 2.40. The summed E-state index contributed by atoms with van der Waals surface area (Å²) in [6, 6.07) is 10.3. The summed E-state index contributed by atoms with van der Waals surface area (Å²) in [4.78, 5) is 11.9. The second kappa shape index (κ2) is 13.7. The minimum absolute atomic E-state index is 0.0354. The molecule has 0 amide bonds. The molecule has 2 unspecified atom stereocenters. The number of nitrogens with zero attached hydrogens (tertiary/aromatic N) is 1. The van der Waals surface area contributed by atoms with E-state index in [1.165, 1.54) is 12.1 Å². The lowest BCUT2D eigenvalue weighted by Crippen LogP contribution is -2.24. The van der Waals surface area contributed by atoms with Crippen molar-refractivity contribution in [3.05, 3.63) is 58.4 Å². The van der Waals surface area contributed by atoms with Gasteiger partial charge in [-0.25, -0.2) is 8.60 Å². The lowest BCUT2D eigenvalue weighted by molar-refractivity contribution is -0.143. The van der Waals surface area contributed by atoms with Crippen molar-refractivity contribution in [1.29, 1.82) is 0 Å². The first-order valence-electron chi connectivity index (χ1n) is 11.6. The Bertz CT molecular complexity index is 957. The van der Waals surface area contributed by atoms with Crippen molar-refractivity contribution >= 4 is 34.2 Å². The number of hydrogen-bond donors (Lipinski definition) is 1. The fourth-order valence-corrected chi connectivity index (χ4v) is 5.26. The lowest BCUT2D eigenvalue weighted by Gasteiger charge is -2.22. The number of rotatable bonds is 9. The Morgan fingerprint density at radius 3 is 2.58 bits per heavy atom. The van der Waals surface area contributed by atoms with Gasteiger partial charge in [0.15, 0.2) is 11.0 Å². The average Bonchev–Trinajstić information content (AvgIpc) is 2.90. The Hall–Kier alpha value is -1.96. The third kappa shape index (κ3) is 7.01. The van der Waals surface area contributed by atoms with E-state index in [1.807, 2.05) is 38.1 Å². The van der Waals surface area contributed by atoms with Gasteiger partial charge in [-0.2, -0.15) is 0 Å². The number of hydrogen-bond acceptors (Lipinski definition) is 4. The molecule has 0 radical (unpaired) electrons. The van der Waals surface area contributed by atoms with Gasteiger partial charge in [-0.05, 0) is 55.6 Å². The van der Waals surface area contributed by atoms with Gasteiger partial charge in [0.2, 0.25) is 0 Å². The van der Waals surface area contributed by atoms with Crippen molar-refractivity contribution in [2.45, 2.75) is 63.8 Å². The van der Waals surface area contributed by atoms with E-state index < -0.39 is 16.8 Å². The maximum atomic E-state index is 14.4. The van der Waals surface area contributed by atoms with Crippen LogP contribution < -0.4 is 9.62 Å². The lowest BCUT2D eigenvalue weighted by atomic mass is 9.96. The molecule has 0 saturated carbocycles. The molecular weight excluding hydrogens is 463 g/mol. The number of fused-ring (bicyclic) bond motifs is 2. The number of carbonyl (C=O) groups excluding carboxylic acids is 1. The number of unbranched alkanes of at least 4 members (excludes halogenated alkanes) is 3. The monoisotopic (exact) mass is 496 g/mol. The first-order valence-corrected chi connectivity index (χ1v) is 13.0. The minimum atomic E-state index is -1.50. The second-order valence-electron chi connectivity index (χ2n) is 7.47. The maximum Gasteiger partial charge on any atom is 0.305 e. The van der Waals surface area contributed by atoms with E-state index in [-0.39, 0.29) is 17.0 Å². The van der Waals surface area contributed by atoms with E-state index in [1.54, 1.807) is 18.3 Å². The van der Waals surface area contributed by atoms with Crippen LogP contribution >= 0.6 is 11.6 Å². The molecule has 5 nitrogen and oxygen atoms in total. The topological polar surface area (TPSA) is 58.6 Å². The van der Waals surface area contributed by atoms with Crippen molar-refractivity contribution in [1.82, 2.24) is 5.32 Å². The number of anilines is 1. The summed E-state index contributed by atoms with van der Waals surface area (Å²) in [5, 5.41) is 3.48. The quantitative estimate of drug-likeness (QED) is 0.333. The Kier molecular flexibility index (Phi) is 11.3. The van der Waals surface area contributed by atoms with Crippen LogP contribution in [0.25, 0.3) is 0 Å².